The number of fused-ring (bicyclic) bond motifs is 1. The summed E-state index contributed by atoms with van der Waals surface area (Å²) in [5.41, 5.74) is 6.65. The number of nitrogens with zero attached hydrogens (tertiary/aromatic N) is 3. The van der Waals surface area contributed by atoms with Crippen molar-refractivity contribution in [1.29, 1.82) is 0 Å². The Labute approximate surface area is 256 Å². The molecule has 0 radical (unpaired) electrons. The molecule has 238 valence electrons. The molecule has 1 unspecified atom stereocenters. The third-order valence-corrected chi connectivity index (χ3v) is 7.11. The average molecular weight is 610 g/mol. The number of carbonyl (C=O) groups excluding carboxylic acids is 2. The summed E-state index contributed by atoms with van der Waals surface area (Å²) in [5.74, 6) is -2.32. The van der Waals surface area contributed by atoms with E-state index in [0.717, 1.165) is 19.3 Å². The number of aromatic amines is 1. The highest BCUT2D eigenvalue weighted by Gasteiger charge is 2.22. The molecule has 1 atom stereocenters. The lowest BCUT2D eigenvalue weighted by molar-refractivity contribution is -0.144. The number of amides is 1. The van der Waals surface area contributed by atoms with E-state index in [2.05, 4.69) is 37.5 Å². The number of ether oxygens (including phenoxy) is 1. The number of nitrogens with one attached hydrogen (secondary N) is 3. The van der Waals surface area contributed by atoms with Crippen LogP contribution in [0.5, 0.6) is 0 Å². The first-order chi connectivity index (χ1) is 21.3. The Balaban J connectivity index is 1.36. The van der Waals surface area contributed by atoms with Crippen molar-refractivity contribution in [3.8, 4) is 0 Å². The van der Waals surface area contributed by atoms with Crippen molar-refractivity contribution in [2.75, 3.05) is 17.7 Å². The monoisotopic (exact) mass is 609 g/mol. The van der Waals surface area contributed by atoms with Gasteiger partial charge in [-0.3, -0.25) is 19.4 Å². The molecule has 0 aliphatic heterocycles. The second-order valence-corrected chi connectivity index (χ2v) is 10.7. The van der Waals surface area contributed by atoms with Crippen molar-refractivity contribution in [1.82, 2.24) is 25.3 Å². The van der Waals surface area contributed by atoms with E-state index in [1.807, 2.05) is 0 Å². The molecule has 13 heteroatoms. The van der Waals surface area contributed by atoms with Gasteiger partial charge in [0.15, 0.2) is 11.2 Å². The molecule has 6 N–H and O–H groups in total. The predicted octanol–water partition coefficient (Wildman–Crippen LogP) is 4.33. The number of benzene rings is 1. The Kier molecular flexibility index (Phi) is 14.0. The van der Waals surface area contributed by atoms with E-state index in [9.17, 15) is 24.3 Å². The average Bonchev–Trinajstić information content (AvgIpc) is 3.01. The number of hydrogen-bond acceptors (Lipinski definition) is 10. The normalized spacial score (nSPS) is 11.7. The summed E-state index contributed by atoms with van der Waals surface area (Å²) in [7, 11) is 0. The topological polar surface area (TPSA) is 202 Å². The van der Waals surface area contributed by atoms with Crippen molar-refractivity contribution in [2.45, 2.75) is 96.6 Å². The second kappa shape index (κ2) is 18.2. The first kappa shape index (κ1) is 33.9. The van der Waals surface area contributed by atoms with Gasteiger partial charge in [-0.1, -0.05) is 64.7 Å². The van der Waals surface area contributed by atoms with Gasteiger partial charge in [0, 0.05) is 17.7 Å². The van der Waals surface area contributed by atoms with Gasteiger partial charge < -0.3 is 26.2 Å². The molecule has 0 spiro atoms. The zero-order valence-corrected chi connectivity index (χ0v) is 25.3. The lowest BCUT2D eigenvalue weighted by Gasteiger charge is -2.15. The largest absolute Gasteiger partial charge is 0.480 e. The molecule has 0 bridgehead atoms. The van der Waals surface area contributed by atoms with Gasteiger partial charge in [0.05, 0.1) is 25.0 Å². The standard InChI is InChI=1S/C31H43N7O6/c1-2-3-4-5-6-7-8-9-10-11-18-44-25(39)17-16-24(30(42)43)36-28(40)21-12-14-22(15-13-21)33-19-23-20-34-27-26(35-23)29(41)38-31(32)37-27/h12-15,20,24,33H,2-11,16-19H2,1H3,(H,36,40)(H,42,43)(H3,32,34,37,38,41). The van der Waals surface area contributed by atoms with E-state index in [0.29, 0.717) is 18.0 Å². The number of esters is 1. The van der Waals surface area contributed by atoms with Crippen molar-refractivity contribution < 1.29 is 24.2 Å². The number of hydrogen-bond donors (Lipinski definition) is 5. The van der Waals surface area contributed by atoms with Crippen LogP contribution in [0.1, 0.15) is 100 Å². The SMILES string of the molecule is CCCCCCCCCCCCOC(=O)CCC(NC(=O)c1ccc(NCc2cnc3nc(N)[nH]c(=O)c3n2)cc1)C(=O)O. The fourth-order valence-corrected chi connectivity index (χ4v) is 4.60. The molecule has 1 aromatic carbocycles. The summed E-state index contributed by atoms with van der Waals surface area (Å²) >= 11 is 0. The Morgan fingerprint density at radius 3 is 2.30 bits per heavy atom. The fraction of sp³-hybridized carbons (Fsp3) is 0.516. The van der Waals surface area contributed by atoms with E-state index in [4.69, 9.17) is 10.5 Å². The van der Waals surface area contributed by atoms with Crippen molar-refractivity contribution in [3.63, 3.8) is 0 Å². The lowest BCUT2D eigenvalue weighted by Crippen LogP contribution is -2.41. The number of unbranched alkanes of at least 4 members (excludes halogenated alkanes) is 9. The maximum absolute atomic E-state index is 12.7. The Morgan fingerprint density at radius 1 is 0.977 bits per heavy atom. The Hall–Kier alpha value is -4.55. The summed E-state index contributed by atoms with van der Waals surface area (Å²) in [6, 6.07) is 5.16. The molecule has 2 aromatic heterocycles. The number of aliphatic carboxylic acids is 1. The minimum atomic E-state index is -1.23. The molecular formula is C31H43N7O6. The number of H-pyrrole nitrogens is 1. The van der Waals surface area contributed by atoms with Crippen molar-refractivity contribution in [2.24, 2.45) is 0 Å². The molecule has 0 aliphatic rings. The van der Waals surface area contributed by atoms with Crippen LogP contribution in [0.2, 0.25) is 0 Å². The maximum Gasteiger partial charge on any atom is 0.326 e. The molecular weight excluding hydrogens is 566 g/mol. The highest BCUT2D eigenvalue weighted by atomic mass is 16.5. The van der Waals surface area contributed by atoms with Gasteiger partial charge in [-0.05, 0) is 37.1 Å². The number of carboxylic acid groups (broad SMARTS) is 1. The van der Waals surface area contributed by atoms with E-state index >= 15 is 0 Å². The minimum absolute atomic E-state index is 0.0428. The minimum Gasteiger partial charge on any atom is -0.480 e. The summed E-state index contributed by atoms with van der Waals surface area (Å²) in [6.45, 7) is 2.78. The van der Waals surface area contributed by atoms with E-state index in [1.165, 1.54) is 51.1 Å². The highest BCUT2D eigenvalue weighted by molar-refractivity contribution is 5.97. The third kappa shape index (κ3) is 11.6. The number of anilines is 2. The Morgan fingerprint density at radius 2 is 1.64 bits per heavy atom. The first-order valence-corrected chi connectivity index (χ1v) is 15.3. The zero-order chi connectivity index (χ0) is 31.7. The van der Waals surface area contributed by atoms with Crippen LogP contribution < -0.4 is 21.9 Å². The number of carboxylic acids is 1. The quantitative estimate of drug-likeness (QED) is 0.0901. The molecule has 0 fully saturated rings. The highest BCUT2D eigenvalue weighted by Crippen LogP contribution is 2.13. The van der Waals surface area contributed by atoms with Gasteiger partial charge in [-0.2, -0.15) is 4.98 Å². The predicted molar refractivity (Wildman–Crippen MR) is 167 cm³/mol. The summed E-state index contributed by atoms with van der Waals surface area (Å²) in [4.78, 5) is 63.2. The molecule has 2 heterocycles. The molecule has 44 heavy (non-hydrogen) atoms. The van der Waals surface area contributed by atoms with Crippen LogP contribution in [-0.2, 0) is 20.9 Å². The summed E-state index contributed by atoms with van der Waals surface area (Å²) < 4.78 is 5.25. The molecule has 0 aliphatic carbocycles. The number of rotatable bonds is 20. The van der Waals surface area contributed by atoms with Crippen LogP contribution in [0.25, 0.3) is 11.2 Å². The van der Waals surface area contributed by atoms with Crippen molar-refractivity contribution >= 4 is 40.6 Å². The van der Waals surface area contributed by atoms with Gasteiger partial charge in [0.2, 0.25) is 5.95 Å². The van der Waals surface area contributed by atoms with Gasteiger partial charge >= 0.3 is 11.9 Å². The third-order valence-electron chi connectivity index (χ3n) is 7.11. The van der Waals surface area contributed by atoms with Gasteiger partial charge in [-0.25, -0.2) is 14.8 Å². The van der Waals surface area contributed by atoms with E-state index in [-0.39, 0.29) is 42.1 Å². The van der Waals surface area contributed by atoms with E-state index < -0.39 is 29.4 Å². The maximum atomic E-state index is 12.7. The smallest absolute Gasteiger partial charge is 0.326 e. The van der Waals surface area contributed by atoms with Crippen LogP contribution in [0.4, 0.5) is 11.6 Å². The fourth-order valence-electron chi connectivity index (χ4n) is 4.60. The lowest BCUT2D eigenvalue weighted by atomic mass is 10.1. The van der Waals surface area contributed by atoms with Gasteiger partial charge in [0.1, 0.15) is 6.04 Å². The first-order valence-electron chi connectivity index (χ1n) is 15.3. The summed E-state index contributed by atoms with van der Waals surface area (Å²) in [5, 5.41) is 15.1. The molecule has 0 saturated carbocycles. The van der Waals surface area contributed by atoms with Crippen LogP contribution in [0.3, 0.4) is 0 Å². The molecule has 3 rings (SSSR count). The molecule has 0 saturated heterocycles. The number of nitrogen functional groups attached to an aromatic ring is 1. The Bertz CT molecular complexity index is 1430. The van der Waals surface area contributed by atoms with Crippen molar-refractivity contribution in [3.05, 3.63) is 52.1 Å². The zero-order valence-electron chi connectivity index (χ0n) is 25.3. The molecule has 3 aromatic rings. The van der Waals surface area contributed by atoms with Crippen LogP contribution >= 0.6 is 0 Å². The van der Waals surface area contributed by atoms with Crippen LogP contribution in [0.15, 0.2) is 35.3 Å². The summed E-state index contributed by atoms with van der Waals surface area (Å²) in [6.07, 6.45) is 13.1. The van der Waals surface area contributed by atoms with Crippen LogP contribution in [-0.4, -0.2) is 55.5 Å². The van der Waals surface area contributed by atoms with Crippen LogP contribution in [0, 0.1) is 0 Å². The number of nitrogens with two attached hydrogens (primary N) is 1. The number of aromatic nitrogens is 4. The second-order valence-electron chi connectivity index (χ2n) is 10.7. The molecule has 1 amide bonds. The number of carbonyl (C=O) groups is 3. The van der Waals surface area contributed by atoms with Gasteiger partial charge in [0.25, 0.3) is 11.5 Å². The van der Waals surface area contributed by atoms with E-state index in [1.54, 1.807) is 24.3 Å². The van der Waals surface area contributed by atoms with Gasteiger partial charge in [-0.15, -0.1) is 0 Å². The molecule has 13 nitrogen and oxygen atoms in total.